The van der Waals surface area contributed by atoms with Gasteiger partial charge in [0, 0.05) is 6.54 Å². The van der Waals surface area contributed by atoms with Crippen LogP contribution in [0, 0.1) is 6.92 Å². The Hall–Kier alpha value is -1.29. The van der Waals surface area contributed by atoms with E-state index in [9.17, 15) is 5.11 Å². The van der Waals surface area contributed by atoms with Gasteiger partial charge in [-0.25, -0.2) is 0 Å². The van der Waals surface area contributed by atoms with Crippen molar-refractivity contribution in [1.82, 2.24) is 4.98 Å². The molecular formula is C14H24N2O2. The lowest BCUT2D eigenvalue weighted by Crippen LogP contribution is -2.06. The monoisotopic (exact) mass is 252 g/mol. The second-order valence-corrected chi connectivity index (χ2v) is 4.50. The van der Waals surface area contributed by atoms with Gasteiger partial charge >= 0.3 is 0 Å². The molecule has 0 saturated heterocycles. The lowest BCUT2D eigenvalue weighted by molar-refractivity contribution is 0.297. The van der Waals surface area contributed by atoms with Crippen molar-refractivity contribution < 1.29 is 9.84 Å². The van der Waals surface area contributed by atoms with Crippen LogP contribution in [0.5, 0.6) is 11.5 Å². The van der Waals surface area contributed by atoms with Crippen molar-refractivity contribution in [3.05, 3.63) is 17.5 Å². The first kappa shape index (κ1) is 14.8. The standard InChI is InChI=1S/C14H24N2O2/c1-3-4-5-6-7-8-18-13-10-16-11(2)14(17)12(13)9-15/h10,17H,3-9,15H2,1-2H3. The second-order valence-electron chi connectivity index (χ2n) is 4.50. The number of ether oxygens (including phenoxy) is 1. The van der Waals surface area contributed by atoms with E-state index in [-0.39, 0.29) is 12.3 Å². The zero-order valence-corrected chi connectivity index (χ0v) is 11.4. The van der Waals surface area contributed by atoms with Gasteiger partial charge in [-0.1, -0.05) is 32.6 Å². The molecule has 1 rings (SSSR count). The van der Waals surface area contributed by atoms with Crippen LogP contribution in [0.1, 0.15) is 50.3 Å². The highest BCUT2D eigenvalue weighted by molar-refractivity contribution is 5.44. The van der Waals surface area contributed by atoms with Crippen LogP contribution in [0.25, 0.3) is 0 Å². The van der Waals surface area contributed by atoms with E-state index < -0.39 is 0 Å². The van der Waals surface area contributed by atoms with Gasteiger partial charge in [0.1, 0.15) is 11.5 Å². The summed E-state index contributed by atoms with van der Waals surface area (Å²) in [6, 6.07) is 0. The van der Waals surface area contributed by atoms with E-state index in [2.05, 4.69) is 11.9 Å². The maximum Gasteiger partial charge on any atom is 0.145 e. The number of aromatic nitrogens is 1. The van der Waals surface area contributed by atoms with Crippen molar-refractivity contribution in [3.63, 3.8) is 0 Å². The molecule has 0 saturated carbocycles. The maximum absolute atomic E-state index is 9.83. The predicted octanol–water partition coefficient (Wildman–Crippen LogP) is 2.90. The Morgan fingerprint density at radius 1 is 1.28 bits per heavy atom. The first-order chi connectivity index (χ1) is 8.70. The Bertz CT molecular complexity index is 367. The van der Waals surface area contributed by atoms with Gasteiger partial charge in [0.15, 0.2) is 0 Å². The number of pyridine rings is 1. The molecule has 0 spiro atoms. The highest BCUT2D eigenvalue weighted by Gasteiger charge is 2.11. The minimum absolute atomic E-state index is 0.154. The van der Waals surface area contributed by atoms with E-state index in [0.717, 1.165) is 6.42 Å². The molecule has 0 radical (unpaired) electrons. The van der Waals surface area contributed by atoms with Crippen molar-refractivity contribution in [2.75, 3.05) is 6.61 Å². The van der Waals surface area contributed by atoms with E-state index in [0.29, 0.717) is 23.6 Å². The summed E-state index contributed by atoms with van der Waals surface area (Å²) < 4.78 is 5.64. The molecule has 1 aromatic rings. The highest BCUT2D eigenvalue weighted by Crippen LogP contribution is 2.28. The number of rotatable bonds is 8. The minimum Gasteiger partial charge on any atom is -0.506 e. The molecule has 0 atom stereocenters. The molecule has 0 unspecified atom stereocenters. The molecule has 0 aliphatic rings. The third-order valence-corrected chi connectivity index (χ3v) is 3.01. The average molecular weight is 252 g/mol. The number of hydrogen-bond acceptors (Lipinski definition) is 4. The summed E-state index contributed by atoms with van der Waals surface area (Å²) in [7, 11) is 0. The molecule has 0 aromatic carbocycles. The molecule has 4 heteroatoms. The molecule has 3 N–H and O–H groups in total. The summed E-state index contributed by atoms with van der Waals surface area (Å²) in [6.07, 6.45) is 7.62. The first-order valence-corrected chi connectivity index (χ1v) is 6.71. The number of aromatic hydroxyl groups is 1. The maximum atomic E-state index is 9.83. The first-order valence-electron chi connectivity index (χ1n) is 6.71. The summed E-state index contributed by atoms with van der Waals surface area (Å²) in [4.78, 5) is 4.09. The summed E-state index contributed by atoms with van der Waals surface area (Å²) in [6.45, 7) is 4.87. The minimum atomic E-state index is 0.154. The summed E-state index contributed by atoms with van der Waals surface area (Å²) in [5.74, 6) is 0.761. The third kappa shape index (κ3) is 4.18. The van der Waals surface area contributed by atoms with Gasteiger partial charge < -0.3 is 15.6 Å². The molecule has 0 bridgehead atoms. The van der Waals surface area contributed by atoms with Crippen molar-refractivity contribution in [2.24, 2.45) is 5.73 Å². The van der Waals surface area contributed by atoms with Crippen LogP contribution in [0.4, 0.5) is 0 Å². The second kappa shape index (κ2) is 7.93. The number of unbranched alkanes of at least 4 members (excludes halogenated alkanes) is 4. The Morgan fingerprint density at radius 3 is 2.67 bits per heavy atom. The van der Waals surface area contributed by atoms with Gasteiger partial charge in [-0.05, 0) is 13.3 Å². The molecule has 0 fully saturated rings. The fourth-order valence-electron chi connectivity index (χ4n) is 1.84. The summed E-state index contributed by atoms with van der Waals surface area (Å²) >= 11 is 0. The van der Waals surface area contributed by atoms with Gasteiger partial charge in [0.25, 0.3) is 0 Å². The Kier molecular flexibility index (Phi) is 6.50. The average Bonchev–Trinajstić information content (AvgIpc) is 2.38. The van der Waals surface area contributed by atoms with Crippen LogP contribution in [0.3, 0.4) is 0 Å². The summed E-state index contributed by atoms with van der Waals surface area (Å²) in [5, 5.41) is 9.83. The predicted molar refractivity (Wildman–Crippen MR) is 72.8 cm³/mol. The topological polar surface area (TPSA) is 68.4 Å². The molecule has 0 amide bonds. The Balaban J connectivity index is 2.45. The zero-order chi connectivity index (χ0) is 13.4. The SMILES string of the molecule is CCCCCCCOc1cnc(C)c(O)c1CN. The van der Waals surface area contributed by atoms with Gasteiger partial charge in [-0.3, -0.25) is 4.98 Å². The number of aryl methyl sites for hydroxylation is 1. The van der Waals surface area contributed by atoms with Crippen LogP contribution >= 0.6 is 0 Å². The molecule has 1 heterocycles. The van der Waals surface area contributed by atoms with Crippen LogP contribution < -0.4 is 10.5 Å². The van der Waals surface area contributed by atoms with E-state index in [1.807, 2.05) is 0 Å². The van der Waals surface area contributed by atoms with Crippen LogP contribution in [-0.2, 0) is 6.54 Å². The molecule has 0 aliphatic carbocycles. The van der Waals surface area contributed by atoms with Crippen molar-refractivity contribution in [2.45, 2.75) is 52.5 Å². The molecular weight excluding hydrogens is 228 g/mol. The quantitative estimate of drug-likeness (QED) is 0.698. The van der Waals surface area contributed by atoms with E-state index in [1.54, 1.807) is 13.1 Å². The molecule has 18 heavy (non-hydrogen) atoms. The lowest BCUT2D eigenvalue weighted by atomic mass is 10.1. The van der Waals surface area contributed by atoms with Crippen molar-refractivity contribution in [3.8, 4) is 11.5 Å². The fraction of sp³-hybridized carbons (Fsp3) is 0.643. The molecule has 4 nitrogen and oxygen atoms in total. The smallest absolute Gasteiger partial charge is 0.145 e. The van der Waals surface area contributed by atoms with Crippen LogP contribution in [0.2, 0.25) is 0 Å². The van der Waals surface area contributed by atoms with E-state index in [1.165, 1.54) is 25.7 Å². The largest absolute Gasteiger partial charge is 0.506 e. The van der Waals surface area contributed by atoms with Crippen molar-refractivity contribution in [1.29, 1.82) is 0 Å². The Morgan fingerprint density at radius 2 is 2.00 bits per heavy atom. The van der Waals surface area contributed by atoms with Gasteiger partial charge in [0.2, 0.25) is 0 Å². The van der Waals surface area contributed by atoms with Crippen LogP contribution in [-0.4, -0.2) is 16.7 Å². The summed E-state index contributed by atoms with van der Waals surface area (Å²) in [5.41, 5.74) is 6.86. The number of nitrogens with zero attached hydrogens (tertiary/aromatic N) is 1. The van der Waals surface area contributed by atoms with Gasteiger partial charge in [-0.15, -0.1) is 0 Å². The fourth-order valence-corrected chi connectivity index (χ4v) is 1.84. The van der Waals surface area contributed by atoms with E-state index in [4.69, 9.17) is 10.5 Å². The molecule has 102 valence electrons. The normalized spacial score (nSPS) is 10.6. The highest BCUT2D eigenvalue weighted by atomic mass is 16.5. The zero-order valence-electron chi connectivity index (χ0n) is 11.4. The van der Waals surface area contributed by atoms with Crippen molar-refractivity contribution >= 4 is 0 Å². The Labute approximate surface area is 109 Å². The third-order valence-electron chi connectivity index (χ3n) is 3.01. The van der Waals surface area contributed by atoms with Gasteiger partial charge in [0.05, 0.1) is 24.1 Å². The van der Waals surface area contributed by atoms with Crippen LogP contribution in [0.15, 0.2) is 6.20 Å². The van der Waals surface area contributed by atoms with Gasteiger partial charge in [-0.2, -0.15) is 0 Å². The molecule has 1 aromatic heterocycles. The lowest BCUT2D eigenvalue weighted by Gasteiger charge is -2.12. The number of nitrogens with two attached hydrogens (primary N) is 1. The number of hydrogen-bond donors (Lipinski definition) is 2. The molecule has 0 aliphatic heterocycles. The van der Waals surface area contributed by atoms with E-state index >= 15 is 0 Å².